The molecular weight excluding hydrogens is 178 g/mol. The van der Waals surface area contributed by atoms with Gasteiger partial charge in [0.2, 0.25) is 0 Å². The van der Waals surface area contributed by atoms with Gasteiger partial charge >= 0.3 is 6.09 Å². The SMILES string of the molecule is CCN(CC)C(=O)O[C@@H]1CCC[C@@H]1C. The first-order valence-electron chi connectivity index (χ1n) is 5.64. The molecule has 1 saturated carbocycles. The third-order valence-corrected chi connectivity index (χ3v) is 3.06. The molecule has 1 rings (SSSR count). The van der Waals surface area contributed by atoms with Crippen LogP contribution in [0.5, 0.6) is 0 Å². The van der Waals surface area contributed by atoms with Crippen molar-refractivity contribution in [3.8, 4) is 0 Å². The molecule has 0 aromatic carbocycles. The van der Waals surface area contributed by atoms with E-state index in [0.717, 1.165) is 19.5 Å². The summed E-state index contributed by atoms with van der Waals surface area (Å²) in [5.41, 5.74) is 0. The van der Waals surface area contributed by atoms with Crippen molar-refractivity contribution in [2.45, 2.75) is 46.1 Å². The molecule has 1 fully saturated rings. The summed E-state index contributed by atoms with van der Waals surface area (Å²) in [7, 11) is 0. The van der Waals surface area contributed by atoms with E-state index < -0.39 is 0 Å². The molecule has 0 aromatic rings. The van der Waals surface area contributed by atoms with Crippen molar-refractivity contribution in [3.63, 3.8) is 0 Å². The highest BCUT2D eigenvalue weighted by atomic mass is 16.6. The minimum atomic E-state index is -0.145. The molecule has 0 spiro atoms. The zero-order chi connectivity index (χ0) is 10.6. The lowest BCUT2D eigenvalue weighted by molar-refractivity contribution is 0.0513. The minimum absolute atomic E-state index is 0.145. The number of carbonyl (C=O) groups is 1. The lowest BCUT2D eigenvalue weighted by atomic mass is 10.1. The molecule has 0 aliphatic heterocycles. The summed E-state index contributed by atoms with van der Waals surface area (Å²) >= 11 is 0. The number of hydrogen-bond acceptors (Lipinski definition) is 2. The Morgan fingerprint density at radius 3 is 2.43 bits per heavy atom. The molecule has 3 nitrogen and oxygen atoms in total. The lowest BCUT2D eigenvalue weighted by Gasteiger charge is -2.23. The van der Waals surface area contributed by atoms with E-state index in [9.17, 15) is 4.79 Å². The van der Waals surface area contributed by atoms with E-state index in [1.807, 2.05) is 13.8 Å². The van der Waals surface area contributed by atoms with E-state index in [1.54, 1.807) is 4.90 Å². The smallest absolute Gasteiger partial charge is 0.410 e. The van der Waals surface area contributed by atoms with Gasteiger partial charge in [-0.25, -0.2) is 4.79 Å². The average Bonchev–Trinajstić information content (AvgIpc) is 2.54. The van der Waals surface area contributed by atoms with E-state index in [1.165, 1.54) is 12.8 Å². The molecule has 0 radical (unpaired) electrons. The van der Waals surface area contributed by atoms with Crippen LogP contribution in [0.3, 0.4) is 0 Å². The Labute approximate surface area is 86.4 Å². The quantitative estimate of drug-likeness (QED) is 0.699. The van der Waals surface area contributed by atoms with Crippen molar-refractivity contribution >= 4 is 6.09 Å². The summed E-state index contributed by atoms with van der Waals surface area (Å²) in [5.74, 6) is 0.537. The Bertz CT molecular complexity index is 190. The van der Waals surface area contributed by atoms with Crippen LogP contribution in [-0.4, -0.2) is 30.2 Å². The van der Waals surface area contributed by atoms with E-state index in [4.69, 9.17) is 4.74 Å². The van der Waals surface area contributed by atoms with E-state index >= 15 is 0 Å². The van der Waals surface area contributed by atoms with Crippen molar-refractivity contribution in [2.24, 2.45) is 5.92 Å². The molecule has 1 amide bonds. The Kier molecular flexibility index (Phi) is 4.23. The minimum Gasteiger partial charge on any atom is -0.446 e. The fraction of sp³-hybridized carbons (Fsp3) is 0.909. The van der Waals surface area contributed by atoms with E-state index in [-0.39, 0.29) is 12.2 Å². The number of amides is 1. The summed E-state index contributed by atoms with van der Waals surface area (Å²) in [5, 5.41) is 0. The summed E-state index contributed by atoms with van der Waals surface area (Å²) in [6.07, 6.45) is 3.43. The molecule has 0 unspecified atom stereocenters. The fourth-order valence-corrected chi connectivity index (χ4v) is 1.97. The van der Waals surface area contributed by atoms with Gasteiger partial charge in [0.1, 0.15) is 6.10 Å². The molecule has 1 aliphatic rings. The first kappa shape index (κ1) is 11.3. The second-order valence-corrected chi connectivity index (χ2v) is 4.00. The largest absolute Gasteiger partial charge is 0.446 e. The fourth-order valence-electron chi connectivity index (χ4n) is 1.97. The maximum Gasteiger partial charge on any atom is 0.410 e. The van der Waals surface area contributed by atoms with Crippen LogP contribution >= 0.6 is 0 Å². The van der Waals surface area contributed by atoms with Crippen LogP contribution in [0.2, 0.25) is 0 Å². The number of hydrogen-bond donors (Lipinski definition) is 0. The van der Waals surface area contributed by atoms with E-state index in [2.05, 4.69) is 6.92 Å². The topological polar surface area (TPSA) is 29.5 Å². The molecule has 2 atom stereocenters. The molecular formula is C11H21NO2. The van der Waals surface area contributed by atoms with Crippen LogP contribution in [0.25, 0.3) is 0 Å². The molecule has 0 bridgehead atoms. The van der Waals surface area contributed by atoms with Crippen molar-refractivity contribution in [1.29, 1.82) is 0 Å². The molecule has 3 heteroatoms. The first-order valence-corrected chi connectivity index (χ1v) is 5.64. The highest BCUT2D eigenvalue weighted by molar-refractivity contribution is 5.67. The van der Waals surface area contributed by atoms with Crippen LogP contribution in [0.15, 0.2) is 0 Å². The van der Waals surface area contributed by atoms with Crippen LogP contribution in [-0.2, 0) is 4.74 Å². The Hall–Kier alpha value is -0.730. The highest BCUT2D eigenvalue weighted by Crippen LogP contribution is 2.27. The molecule has 0 saturated heterocycles. The maximum atomic E-state index is 11.6. The van der Waals surface area contributed by atoms with Gasteiger partial charge in [0.15, 0.2) is 0 Å². The standard InChI is InChI=1S/C11H21NO2/c1-4-12(5-2)11(13)14-10-8-6-7-9(10)3/h9-10H,4-8H2,1-3H3/t9-,10+/m0/s1. The van der Waals surface area contributed by atoms with Crippen LogP contribution in [0.1, 0.15) is 40.0 Å². The van der Waals surface area contributed by atoms with Crippen molar-refractivity contribution in [2.75, 3.05) is 13.1 Å². The number of rotatable bonds is 3. The van der Waals surface area contributed by atoms with Crippen LogP contribution in [0, 0.1) is 5.92 Å². The van der Waals surface area contributed by atoms with Crippen molar-refractivity contribution < 1.29 is 9.53 Å². The monoisotopic (exact) mass is 199 g/mol. The molecule has 0 heterocycles. The zero-order valence-corrected chi connectivity index (χ0v) is 9.45. The summed E-state index contributed by atoms with van der Waals surface area (Å²) in [6.45, 7) is 7.58. The van der Waals surface area contributed by atoms with Gasteiger partial charge in [0, 0.05) is 13.1 Å². The van der Waals surface area contributed by atoms with Crippen molar-refractivity contribution in [1.82, 2.24) is 4.90 Å². The normalized spacial score (nSPS) is 26.2. The molecule has 1 aliphatic carbocycles. The molecule has 0 aromatic heterocycles. The van der Waals surface area contributed by atoms with Crippen LogP contribution in [0.4, 0.5) is 4.79 Å². The van der Waals surface area contributed by atoms with Gasteiger partial charge in [-0.05, 0) is 39.0 Å². The Balaban J connectivity index is 2.39. The third-order valence-electron chi connectivity index (χ3n) is 3.06. The average molecular weight is 199 g/mol. The predicted octanol–water partition coefficient (Wildman–Crippen LogP) is 2.65. The summed E-state index contributed by atoms with van der Waals surface area (Å²) in [6, 6.07) is 0. The van der Waals surface area contributed by atoms with Gasteiger partial charge in [-0.15, -0.1) is 0 Å². The molecule has 14 heavy (non-hydrogen) atoms. The summed E-state index contributed by atoms with van der Waals surface area (Å²) < 4.78 is 5.45. The van der Waals surface area contributed by atoms with E-state index in [0.29, 0.717) is 5.92 Å². The Morgan fingerprint density at radius 2 is 2.00 bits per heavy atom. The number of ether oxygens (including phenoxy) is 1. The first-order chi connectivity index (χ1) is 6.69. The van der Waals surface area contributed by atoms with Crippen LogP contribution < -0.4 is 0 Å². The second-order valence-electron chi connectivity index (χ2n) is 4.00. The Morgan fingerprint density at radius 1 is 1.36 bits per heavy atom. The molecule has 0 N–H and O–H groups in total. The van der Waals surface area contributed by atoms with Gasteiger partial charge in [-0.1, -0.05) is 6.92 Å². The van der Waals surface area contributed by atoms with Gasteiger partial charge in [-0.2, -0.15) is 0 Å². The van der Waals surface area contributed by atoms with Crippen molar-refractivity contribution in [3.05, 3.63) is 0 Å². The maximum absolute atomic E-state index is 11.6. The molecule has 82 valence electrons. The van der Waals surface area contributed by atoms with Gasteiger partial charge in [-0.3, -0.25) is 0 Å². The zero-order valence-electron chi connectivity index (χ0n) is 9.45. The lowest BCUT2D eigenvalue weighted by Crippen LogP contribution is -2.34. The highest BCUT2D eigenvalue weighted by Gasteiger charge is 2.27. The summed E-state index contributed by atoms with van der Waals surface area (Å²) in [4.78, 5) is 13.3. The van der Waals surface area contributed by atoms with Gasteiger partial charge < -0.3 is 9.64 Å². The third kappa shape index (κ3) is 2.63. The predicted molar refractivity (Wildman–Crippen MR) is 56.2 cm³/mol. The van der Waals surface area contributed by atoms with Gasteiger partial charge in [0.25, 0.3) is 0 Å². The second kappa shape index (κ2) is 5.23. The number of nitrogens with zero attached hydrogens (tertiary/aromatic N) is 1. The number of carbonyl (C=O) groups excluding carboxylic acids is 1. The van der Waals surface area contributed by atoms with Gasteiger partial charge in [0.05, 0.1) is 0 Å².